The molecule has 0 radical (unpaired) electrons. The first-order valence-corrected chi connectivity index (χ1v) is 15.5. The first-order chi connectivity index (χ1) is 19.0. The number of nitrogens with zero attached hydrogens (tertiary/aromatic N) is 5. The Bertz CT molecular complexity index is 1460. The molecule has 1 aromatic heterocycles. The molecule has 0 N–H and O–H groups in total. The summed E-state index contributed by atoms with van der Waals surface area (Å²) in [5.41, 5.74) is 2.37. The van der Waals surface area contributed by atoms with Gasteiger partial charge in [0.2, 0.25) is 15.9 Å². The molecular weight excluding hydrogens is 530 g/mol. The molecule has 0 atom stereocenters. The minimum absolute atomic E-state index is 0.0723. The number of benzene rings is 3. The van der Waals surface area contributed by atoms with E-state index in [4.69, 9.17) is 0 Å². The van der Waals surface area contributed by atoms with Crippen molar-refractivity contribution in [1.29, 1.82) is 0 Å². The Hall–Kier alpha value is -3.47. The van der Waals surface area contributed by atoms with Gasteiger partial charge in [-0.3, -0.25) is 9.69 Å². The van der Waals surface area contributed by atoms with Crippen molar-refractivity contribution >= 4 is 39.1 Å². The Labute approximate surface area is 233 Å². The number of carbonyl (C=O) groups is 1. The Balaban J connectivity index is 1.33. The van der Waals surface area contributed by atoms with Crippen LogP contribution in [0.1, 0.15) is 26.2 Å². The number of sulfonamides is 1. The summed E-state index contributed by atoms with van der Waals surface area (Å²) >= 11 is 1.33. The summed E-state index contributed by atoms with van der Waals surface area (Å²) in [4.78, 5) is 15.4. The lowest BCUT2D eigenvalue weighted by Gasteiger charge is -2.25. The lowest BCUT2D eigenvalue weighted by atomic mass is 10.2. The number of anilines is 2. The molecule has 1 aliphatic rings. The number of rotatable bonds is 9. The topological polar surface area (TPSA) is 88.4 Å². The predicted molar refractivity (Wildman–Crippen MR) is 154 cm³/mol. The van der Waals surface area contributed by atoms with Gasteiger partial charge in [0.15, 0.2) is 11.0 Å². The van der Waals surface area contributed by atoms with Gasteiger partial charge >= 0.3 is 0 Å². The molecule has 202 valence electrons. The summed E-state index contributed by atoms with van der Waals surface area (Å²) in [6, 6.07) is 26.0. The zero-order chi connectivity index (χ0) is 27.2. The Morgan fingerprint density at radius 3 is 2.00 bits per heavy atom. The van der Waals surface area contributed by atoms with Gasteiger partial charge in [0.1, 0.15) is 0 Å². The van der Waals surface area contributed by atoms with E-state index in [0.29, 0.717) is 30.6 Å². The molecule has 39 heavy (non-hydrogen) atoms. The van der Waals surface area contributed by atoms with Crippen LogP contribution in [-0.4, -0.2) is 52.2 Å². The fourth-order valence-electron chi connectivity index (χ4n) is 4.71. The van der Waals surface area contributed by atoms with Crippen molar-refractivity contribution in [2.24, 2.45) is 0 Å². The third-order valence-electron chi connectivity index (χ3n) is 6.70. The normalized spacial score (nSPS) is 14.3. The van der Waals surface area contributed by atoms with Crippen molar-refractivity contribution < 1.29 is 13.2 Å². The van der Waals surface area contributed by atoms with Gasteiger partial charge < -0.3 is 4.57 Å². The highest BCUT2D eigenvalue weighted by Gasteiger charge is 2.26. The van der Waals surface area contributed by atoms with Crippen LogP contribution >= 0.6 is 11.8 Å². The summed E-state index contributed by atoms with van der Waals surface area (Å²) in [5.74, 6) is 0.740. The van der Waals surface area contributed by atoms with Crippen LogP contribution in [0.2, 0.25) is 0 Å². The van der Waals surface area contributed by atoms with Crippen LogP contribution in [-0.2, 0) is 21.4 Å². The second kappa shape index (κ2) is 12.1. The fourth-order valence-corrected chi connectivity index (χ4v) is 7.08. The van der Waals surface area contributed by atoms with Crippen LogP contribution in [0.3, 0.4) is 0 Å². The average molecular weight is 562 g/mol. The minimum Gasteiger partial charge on any atom is -0.302 e. The SMILES string of the molecule is CCn1c(SCC(=O)N(c2ccccc2)c2ccccc2)nnc1-c1ccc(S(=O)(=O)N2CCCCC2)cc1. The van der Waals surface area contributed by atoms with Gasteiger partial charge in [-0.05, 0) is 68.3 Å². The van der Waals surface area contributed by atoms with E-state index in [-0.39, 0.29) is 16.6 Å². The predicted octanol–water partition coefficient (Wildman–Crippen LogP) is 5.60. The molecule has 0 spiro atoms. The highest BCUT2D eigenvalue weighted by Crippen LogP contribution is 2.29. The Morgan fingerprint density at radius 1 is 0.846 bits per heavy atom. The summed E-state index contributed by atoms with van der Waals surface area (Å²) in [6.45, 7) is 3.74. The van der Waals surface area contributed by atoms with Crippen molar-refractivity contribution in [3.8, 4) is 11.4 Å². The molecule has 5 rings (SSSR count). The van der Waals surface area contributed by atoms with E-state index in [1.165, 1.54) is 11.8 Å². The number of hydrogen-bond donors (Lipinski definition) is 0. The van der Waals surface area contributed by atoms with Crippen molar-refractivity contribution in [1.82, 2.24) is 19.1 Å². The maximum atomic E-state index is 13.4. The number of carbonyl (C=O) groups excluding carboxylic acids is 1. The lowest BCUT2D eigenvalue weighted by Crippen LogP contribution is -2.35. The molecule has 0 bridgehead atoms. The zero-order valence-electron chi connectivity index (χ0n) is 21.8. The minimum atomic E-state index is -3.50. The Kier molecular flexibility index (Phi) is 8.44. The highest BCUT2D eigenvalue weighted by atomic mass is 32.2. The van der Waals surface area contributed by atoms with Gasteiger partial charge in [-0.15, -0.1) is 10.2 Å². The molecule has 2 heterocycles. The number of para-hydroxylation sites is 2. The van der Waals surface area contributed by atoms with Crippen LogP contribution in [0.5, 0.6) is 0 Å². The number of piperidine rings is 1. The van der Waals surface area contributed by atoms with Gasteiger partial charge in [-0.2, -0.15) is 4.31 Å². The van der Waals surface area contributed by atoms with Crippen molar-refractivity contribution in [2.45, 2.75) is 42.8 Å². The molecular formula is C29H31N5O3S2. The summed E-state index contributed by atoms with van der Waals surface area (Å²) < 4.78 is 29.6. The standard InChI is InChI=1S/C29H31N5O3S2/c1-2-33-28(23-16-18-26(19-17-23)39(36,37)32-20-10-5-11-21-32)30-31-29(33)38-22-27(35)34(24-12-6-3-7-13-24)25-14-8-4-9-15-25/h3-4,6-9,12-19H,2,5,10-11,20-22H2,1H3. The lowest BCUT2D eigenvalue weighted by molar-refractivity contribution is -0.115. The van der Waals surface area contributed by atoms with Gasteiger partial charge in [0, 0.05) is 36.6 Å². The maximum Gasteiger partial charge on any atom is 0.243 e. The van der Waals surface area contributed by atoms with Gasteiger partial charge in [-0.25, -0.2) is 8.42 Å². The summed E-state index contributed by atoms with van der Waals surface area (Å²) in [7, 11) is -3.50. The number of amides is 1. The van der Waals surface area contributed by atoms with Gasteiger partial charge in [-0.1, -0.05) is 54.6 Å². The van der Waals surface area contributed by atoms with Gasteiger partial charge in [0.25, 0.3) is 0 Å². The van der Waals surface area contributed by atoms with Crippen molar-refractivity contribution in [2.75, 3.05) is 23.7 Å². The van der Waals surface area contributed by atoms with E-state index in [9.17, 15) is 13.2 Å². The van der Waals surface area contributed by atoms with E-state index in [0.717, 1.165) is 36.2 Å². The monoisotopic (exact) mass is 561 g/mol. The fraction of sp³-hybridized carbons (Fsp3) is 0.276. The molecule has 1 saturated heterocycles. The third-order valence-corrected chi connectivity index (χ3v) is 9.57. The third kappa shape index (κ3) is 5.93. The summed E-state index contributed by atoms with van der Waals surface area (Å²) in [5, 5.41) is 9.38. The highest BCUT2D eigenvalue weighted by molar-refractivity contribution is 7.99. The van der Waals surface area contributed by atoms with Crippen LogP contribution < -0.4 is 4.90 Å². The zero-order valence-corrected chi connectivity index (χ0v) is 23.4. The van der Waals surface area contributed by atoms with E-state index < -0.39 is 10.0 Å². The largest absolute Gasteiger partial charge is 0.302 e. The van der Waals surface area contributed by atoms with E-state index in [1.807, 2.05) is 72.2 Å². The van der Waals surface area contributed by atoms with Crippen molar-refractivity contribution in [3.63, 3.8) is 0 Å². The second-order valence-electron chi connectivity index (χ2n) is 9.23. The number of thioether (sulfide) groups is 1. The number of aromatic nitrogens is 3. The molecule has 8 nitrogen and oxygen atoms in total. The molecule has 0 saturated carbocycles. The molecule has 4 aromatic rings. The van der Waals surface area contributed by atoms with E-state index in [1.54, 1.807) is 33.5 Å². The van der Waals surface area contributed by atoms with Crippen LogP contribution in [0, 0.1) is 0 Å². The van der Waals surface area contributed by atoms with Gasteiger partial charge in [0.05, 0.1) is 10.6 Å². The van der Waals surface area contributed by atoms with Crippen LogP contribution in [0.25, 0.3) is 11.4 Å². The second-order valence-corrected chi connectivity index (χ2v) is 12.1. The molecule has 0 unspecified atom stereocenters. The number of hydrogen-bond acceptors (Lipinski definition) is 6. The van der Waals surface area contributed by atoms with E-state index in [2.05, 4.69) is 10.2 Å². The van der Waals surface area contributed by atoms with Crippen LogP contribution in [0.4, 0.5) is 11.4 Å². The maximum absolute atomic E-state index is 13.4. The first kappa shape index (κ1) is 27.1. The first-order valence-electron chi connectivity index (χ1n) is 13.1. The smallest absolute Gasteiger partial charge is 0.243 e. The average Bonchev–Trinajstić information content (AvgIpc) is 3.41. The quantitative estimate of drug-likeness (QED) is 0.247. The molecule has 10 heteroatoms. The molecule has 0 aliphatic carbocycles. The van der Waals surface area contributed by atoms with Crippen molar-refractivity contribution in [3.05, 3.63) is 84.9 Å². The molecule has 1 amide bonds. The van der Waals surface area contributed by atoms with Crippen LogP contribution in [0.15, 0.2) is 95.0 Å². The molecule has 1 fully saturated rings. The summed E-state index contributed by atoms with van der Waals surface area (Å²) in [6.07, 6.45) is 2.86. The molecule has 1 aliphatic heterocycles. The Morgan fingerprint density at radius 2 is 1.44 bits per heavy atom. The van der Waals surface area contributed by atoms with E-state index >= 15 is 0 Å². The molecule has 3 aromatic carbocycles.